The van der Waals surface area contributed by atoms with Crippen molar-refractivity contribution in [1.82, 2.24) is 0 Å². The summed E-state index contributed by atoms with van der Waals surface area (Å²) in [5.74, 6) is 1.33. The van der Waals surface area contributed by atoms with Crippen molar-refractivity contribution in [2.24, 2.45) is 0 Å². The van der Waals surface area contributed by atoms with Crippen LogP contribution in [0.2, 0.25) is 0 Å². The second kappa shape index (κ2) is 5.85. The van der Waals surface area contributed by atoms with Crippen LogP contribution in [0, 0.1) is 0 Å². The van der Waals surface area contributed by atoms with Crippen LogP contribution in [0.4, 0.5) is 11.4 Å². The summed E-state index contributed by atoms with van der Waals surface area (Å²) in [7, 11) is 3.23. The monoisotopic (exact) mass is 252 g/mol. The van der Waals surface area contributed by atoms with Crippen molar-refractivity contribution < 1.29 is 9.47 Å². The predicted molar refractivity (Wildman–Crippen MR) is 76.6 cm³/mol. The van der Waals surface area contributed by atoms with Crippen LogP contribution in [0.3, 0.4) is 0 Å². The number of methoxy groups -OCH3 is 2. The standard InChI is InChI=1S/C14H24N2O2/c1-6-14(3,7-2)16-11-9-13(18-5)12(17-4)8-10(11)15/h8-9,16H,6-7,15H2,1-5H3. The quantitative estimate of drug-likeness (QED) is 0.763. The van der Waals surface area contributed by atoms with Crippen molar-refractivity contribution in [3.63, 3.8) is 0 Å². The fourth-order valence-corrected chi connectivity index (χ4v) is 1.75. The Balaban J connectivity index is 3.10. The van der Waals surface area contributed by atoms with Gasteiger partial charge in [-0.3, -0.25) is 0 Å². The Bertz CT molecular complexity index is 401. The molecule has 0 radical (unpaired) electrons. The third-order valence-electron chi connectivity index (χ3n) is 3.55. The number of ether oxygens (including phenoxy) is 2. The average molecular weight is 252 g/mol. The van der Waals surface area contributed by atoms with Crippen LogP contribution in [0.15, 0.2) is 12.1 Å². The van der Waals surface area contributed by atoms with Crippen LogP contribution in [-0.2, 0) is 0 Å². The molecule has 0 aliphatic carbocycles. The van der Waals surface area contributed by atoms with E-state index in [-0.39, 0.29) is 5.54 Å². The van der Waals surface area contributed by atoms with Gasteiger partial charge in [0.25, 0.3) is 0 Å². The summed E-state index contributed by atoms with van der Waals surface area (Å²) in [6.07, 6.45) is 2.05. The molecule has 0 amide bonds. The first-order chi connectivity index (χ1) is 8.49. The minimum Gasteiger partial charge on any atom is -0.493 e. The normalized spacial score (nSPS) is 11.2. The maximum atomic E-state index is 6.04. The molecule has 0 aliphatic heterocycles. The van der Waals surface area contributed by atoms with Crippen LogP contribution in [0.25, 0.3) is 0 Å². The number of anilines is 2. The molecular weight excluding hydrogens is 228 g/mol. The molecule has 4 heteroatoms. The van der Waals surface area contributed by atoms with Gasteiger partial charge in [0.05, 0.1) is 25.6 Å². The summed E-state index contributed by atoms with van der Waals surface area (Å²) in [4.78, 5) is 0. The molecular formula is C14H24N2O2. The topological polar surface area (TPSA) is 56.5 Å². The molecule has 1 rings (SSSR count). The van der Waals surface area contributed by atoms with Crippen molar-refractivity contribution in [2.45, 2.75) is 39.2 Å². The molecule has 0 aromatic heterocycles. The number of benzene rings is 1. The van der Waals surface area contributed by atoms with Crippen LogP contribution in [0.5, 0.6) is 11.5 Å². The summed E-state index contributed by atoms with van der Waals surface area (Å²) >= 11 is 0. The second-order valence-electron chi connectivity index (χ2n) is 4.69. The van der Waals surface area contributed by atoms with Gasteiger partial charge in [0.15, 0.2) is 11.5 Å². The van der Waals surface area contributed by atoms with E-state index in [0.717, 1.165) is 18.5 Å². The zero-order valence-corrected chi connectivity index (χ0v) is 12.0. The number of nitrogen functional groups attached to an aromatic ring is 1. The van der Waals surface area contributed by atoms with E-state index in [0.29, 0.717) is 17.2 Å². The van der Waals surface area contributed by atoms with Crippen LogP contribution in [0.1, 0.15) is 33.6 Å². The van der Waals surface area contributed by atoms with Gasteiger partial charge in [-0.1, -0.05) is 13.8 Å². The van der Waals surface area contributed by atoms with Gasteiger partial charge >= 0.3 is 0 Å². The number of nitrogens with one attached hydrogen (secondary N) is 1. The van der Waals surface area contributed by atoms with Crippen LogP contribution < -0.4 is 20.5 Å². The van der Waals surface area contributed by atoms with Crippen molar-refractivity contribution in [1.29, 1.82) is 0 Å². The number of nitrogens with two attached hydrogens (primary N) is 1. The molecule has 1 aromatic rings. The third-order valence-corrected chi connectivity index (χ3v) is 3.55. The Morgan fingerprint density at radius 2 is 1.61 bits per heavy atom. The predicted octanol–water partition coefficient (Wildman–Crippen LogP) is 3.28. The fourth-order valence-electron chi connectivity index (χ4n) is 1.75. The van der Waals surface area contributed by atoms with Gasteiger partial charge in [-0.25, -0.2) is 0 Å². The first-order valence-corrected chi connectivity index (χ1v) is 6.29. The van der Waals surface area contributed by atoms with Crippen molar-refractivity contribution in [3.8, 4) is 11.5 Å². The number of rotatable bonds is 6. The lowest BCUT2D eigenvalue weighted by Crippen LogP contribution is -2.33. The molecule has 0 unspecified atom stereocenters. The molecule has 1 aromatic carbocycles. The lowest BCUT2D eigenvalue weighted by atomic mass is 9.95. The van der Waals surface area contributed by atoms with Gasteiger partial charge in [-0.2, -0.15) is 0 Å². The lowest BCUT2D eigenvalue weighted by molar-refractivity contribution is 0.355. The van der Waals surface area contributed by atoms with Crippen LogP contribution in [-0.4, -0.2) is 19.8 Å². The lowest BCUT2D eigenvalue weighted by Gasteiger charge is -2.30. The molecule has 0 bridgehead atoms. The van der Waals surface area contributed by atoms with E-state index in [1.807, 2.05) is 6.07 Å². The molecule has 0 saturated carbocycles. The molecule has 0 fully saturated rings. The average Bonchev–Trinajstić information content (AvgIpc) is 2.40. The Labute approximate surface area is 109 Å². The van der Waals surface area contributed by atoms with E-state index in [4.69, 9.17) is 15.2 Å². The molecule has 0 saturated heterocycles. The van der Waals surface area contributed by atoms with Gasteiger partial charge in [-0.15, -0.1) is 0 Å². The number of hydrogen-bond acceptors (Lipinski definition) is 4. The minimum absolute atomic E-state index is 0.0354. The summed E-state index contributed by atoms with van der Waals surface area (Å²) < 4.78 is 10.5. The summed E-state index contributed by atoms with van der Waals surface area (Å²) in [5.41, 5.74) is 7.63. The van der Waals surface area contributed by atoms with Gasteiger partial charge in [-0.05, 0) is 19.8 Å². The zero-order chi connectivity index (χ0) is 13.8. The second-order valence-corrected chi connectivity index (χ2v) is 4.69. The fraction of sp³-hybridized carbons (Fsp3) is 0.571. The molecule has 0 spiro atoms. The Morgan fingerprint density at radius 3 is 2.06 bits per heavy atom. The van der Waals surface area contributed by atoms with E-state index < -0.39 is 0 Å². The molecule has 3 N–H and O–H groups in total. The zero-order valence-electron chi connectivity index (χ0n) is 12.0. The Kier molecular flexibility index (Phi) is 4.70. The summed E-state index contributed by atoms with van der Waals surface area (Å²) in [5, 5.41) is 3.49. The van der Waals surface area contributed by atoms with Crippen molar-refractivity contribution >= 4 is 11.4 Å². The minimum atomic E-state index is 0.0354. The molecule has 0 heterocycles. The largest absolute Gasteiger partial charge is 0.493 e. The summed E-state index contributed by atoms with van der Waals surface area (Å²) in [6.45, 7) is 6.50. The molecule has 102 valence electrons. The van der Waals surface area contributed by atoms with Gasteiger partial charge in [0, 0.05) is 17.7 Å². The van der Waals surface area contributed by atoms with Gasteiger partial charge in [0.2, 0.25) is 0 Å². The maximum Gasteiger partial charge on any atom is 0.162 e. The highest BCUT2D eigenvalue weighted by molar-refractivity contribution is 5.72. The Morgan fingerprint density at radius 1 is 1.11 bits per heavy atom. The van der Waals surface area contributed by atoms with Crippen molar-refractivity contribution in [3.05, 3.63) is 12.1 Å². The SMILES string of the molecule is CCC(C)(CC)Nc1cc(OC)c(OC)cc1N. The van der Waals surface area contributed by atoms with E-state index >= 15 is 0 Å². The Hall–Kier alpha value is -1.58. The van der Waals surface area contributed by atoms with E-state index in [1.54, 1.807) is 20.3 Å². The van der Waals surface area contributed by atoms with Crippen LogP contribution >= 0.6 is 0 Å². The first-order valence-electron chi connectivity index (χ1n) is 6.29. The first kappa shape index (κ1) is 14.5. The molecule has 4 nitrogen and oxygen atoms in total. The smallest absolute Gasteiger partial charge is 0.162 e. The van der Waals surface area contributed by atoms with Gasteiger partial charge in [0.1, 0.15) is 0 Å². The molecule has 18 heavy (non-hydrogen) atoms. The van der Waals surface area contributed by atoms with E-state index in [2.05, 4.69) is 26.1 Å². The highest BCUT2D eigenvalue weighted by Gasteiger charge is 2.21. The highest BCUT2D eigenvalue weighted by Crippen LogP contribution is 2.36. The molecule has 0 aliphatic rings. The van der Waals surface area contributed by atoms with Gasteiger partial charge < -0.3 is 20.5 Å². The third kappa shape index (κ3) is 3.00. The van der Waals surface area contributed by atoms with E-state index in [1.165, 1.54) is 0 Å². The number of hydrogen-bond donors (Lipinski definition) is 2. The summed E-state index contributed by atoms with van der Waals surface area (Å²) in [6, 6.07) is 3.67. The maximum absolute atomic E-state index is 6.04. The highest BCUT2D eigenvalue weighted by atomic mass is 16.5. The van der Waals surface area contributed by atoms with Crippen molar-refractivity contribution in [2.75, 3.05) is 25.3 Å². The molecule has 0 atom stereocenters. The van der Waals surface area contributed by atoms with E-state index in [9.17, 15) is 0 Å².